The van der Waals surface area contributed by atoms with Gasteiger partial charge >= 0.3 is 0 Å². The van der Waals surface area contributed by atoms with Crippen molar-refractivity contribution in [1.82, 2.24) is 9.97 Å². The highest BCUT2D eigenvalue weighted by atomic mass is 79.9. The van der Waals surface area contributed by atoms with E-state index in [0.29, 0.717) is 5.82 Å². The summed E-state index contributed by atoms with van der Waals surface area (Å²) in [5.41, 5.74) is 0. The number of rotatable bonds is 4. The van der Waals surface area contributed by atoms with Crippen molar-refractivity contribution in [3.63, 3.8) is 0 Å². The molecule has 2 heterocycles. The predicted octanol–water partition coefficient (Wildman–Crippen LogP) is 2.08. The quantitative estimate of drug-likeness (QED) is 0.888. The number of aromatic nitrogens is 2. The van der Waals surface area contributed by atoms with E-state index in [4.69, 9.17) is 0 Å². The van der Waals surface area contributed by atoms with Crippen molar-refractivity contribution >= 4 is 37.6 Å². The lowest BCUT2D eigenvalue weighted by molar-refractivity contribution is 0.600. The number of hydrogen-bond acceptors (Lipinski definition) is 5. The Balaban J connectivity index is 2.24. The van der Waals surface area contributed by atoms with Crippen LogP contribution in [0.2, 0.25) is 0 Å². The van der Waals surface area contributed by atoms with Gasteiger partial charge in [0.2, 0.25) is 0 Å². The summed E-state index contributed by atoms with van der Waals surface area (Å²) in [6.45, 7) is 0. The number of hydrogen-bond donors (Lipinski definition) is 2. The Hall–Kier alpha value is -1.67. The highest BCUT2D eigenvalue weighted by Gasteiger charge is 2.15. The summed E-state index contributed by atoms with van der Waals surface area (Å²) < 4.78 is 27.3. The normalized spacial score (nSPS) is 11.1. The van der Waals surface area contributed by atoms with Crippen molar-refractivity contribution < 1.29 is 8.42 Å². The maximum absolute atomic E-state index is 12.1. The van der Waals surface area contributed by atoms with Gasteiger partial charge in [-0.25, -0.2) is 18.4 Å². The van der Waals surface area contributed by atoms with Crippen LogP contribution >= 0.6 is 15.9 Å². The van der Waals surface area contributed by atoms with Gasteiger partial charge in [0.05, 0.1) is 0 Å². The van der Waals surface area contributed by atoms with E-state index in [9.17, 15) is 8.42 Å². The zero-order chi connectivity index (χ0) is 13.9. The Bertz CT molecular complexity index is 656. The fourth-order valence-electron chi connectivity index (χ4n) is 1.32. The van der Waals surface area contributed by atoms with Crippen molar-refractivity contribution in [3.8, 4) is 0 Å². The topological polar surface area (TPSA) is 84.0 Å². The number of nitrogens with zero attached hydrogens (tertiary/aromatic N) is 2. The third-order valence-corrected chi connectivity index (χ3v) is 4.08. The lowest BCUT2D eigenvalue weighted by Gasteiger charge is -2.07. The third-order valence-electron chi connectivity index (χ3n) is 2.27. The molecule has 6 nitrogen and oxygen atoms in total. The molecule has 19 heavy (non-hydrogen) atoms. The molecule has 0 aliphatic rings. The smallest absolute Gasteiger partial charge is 0.264 e. The average molecular weight is 343 g/mol. The SMILES string of the molecule is CNc1ccc(S(=O)(=O)Nc2ccc(Br)cn2)cn1. The standard InChI is InChI=1S/C11H11BrN4O2S/c1-13-10-5-3-9(7-15-10)19(17,18)16-11-4-2-8(12)6-14-11/h2-7H,1H3,(H,13,15)(H,14,16). The van der Waals surface area contributed by atoms with Gasteiger partial charge in [-0.15, -0.1) is 0 Å². The molecule has 0 aliphatic carbocycles. The zero-order valence-electron chi connectivity index (χ0n) is 9.96. The first kappa shape index (κ1) is 13.8. The van der Waals surface area contributed by atoms with Crippen LogP contribution in [-0.4, -0.2) is 25.4 Å². The molecule has 0 atom stereocenters. The summed E-state index contributed by atoms with van der Waals surface area (Å²) in [6.07, 6.45) is 2.80. The van der Waals surface area contributed by atoms with E-state index >= 15 is 0 Å². The van der Waals surface area contributed by atoms with Crippen LogP contribution in [0.15, 0.2) is 46.0 Å². The largest absolute Gasteiger partial charge is 0.373 e. The van der Waals surface area contributed by atoms with E-state index in [2.05, 4.69) is 35.9 Å². The Kier molecular flexibility index (Phi) is 4.01. The summed E-state index contributed by atoms with van der Waals surface area (Å²) >= 11 is 3.23. The Labute approximate surface area is 119 Å². The Morgan fingerprint density at radius 3 is 2.26 bits per heavy atom. The monoisotopic (exact) mass is 342 g/mol. The van der Waals surface area contributed by atoms with Crippen molar-refractivity contribution in [2.75, 3.05) is 17.1 Å². The van der Waals surface area contributed by atoms with Gasteiger partial charge in [0.15, 0.2) is 0 Å². The second kappa shape index (κ2) is 5.54. The summed E-state index contributed by atoms with van der Waals surface area (Å²) in [6, 6.07) is 6.33. The molecule has 0 spiro atoms. The van der Waals surface area contributed by atoms with Gasteiger partial charge in [-0.05, 0) is 40.2 Å². The molecule has 0 aromatic carbocycles. The minimum Gasteiger partial charge on any atom is -0.373 e. The molecular weight excluding hydrogens is 332 g/mol. The van der Waals surface area contributed by atoms with E-state index in [1.807, 2.05) is 0 Å². The van der Waals surface area contributed by atoms with Gasteiger partial charge in [-0.1, -0.05) is 0 Å². The zero-order valence-corrected chi connectivity index (χ0v) is 12.4. The van der Waals surface area contributed by atoms with Gasteiger partial charge in [0, 0.05) is 23.9 Å². The molecule has 0 amide bonds. The van der Waals surface area contributed by atoms with Crippen LogP contribution in [0, 0.1) is 0 Å². The molecule has 0 radical (unpaired) electrons. The van der Waals surface area contributed by atoms with E-state index in [1.54, 1.807) is 25.2 Å². The maximum Gasteiger partial charge on any atom is 0.264 e. The molecule has 0 bridgehead atoms. The highest BCUT2D eigenvalue weighted by Crippen LogP contribution is 2.16. The molecule has 0 aliphatic heterocycles. The number of pyridine rings is 2. The number of anilines is 2. The molecule has 0 saturated heterocycles. The molecule has 2 aromatic rings. The fourth-order valence-corrected chi connectivity index (χ4v) is 2.51. The predicted molar refractivity (Wildman–Crippen MR) is 76.5 cm³/mol. The molecule has 8 heteroatoms. The van der Waals surface area contributed by atoms with Crippen LogP contribution in [0.3, 0.4) is 0 Å². The van der Waals surface area contributed by atoms with Crippen LogP contribution in [0.5, 0.6) is 0 Å². The van der Waals surface area contributed by atoms with Gasteiger partial charge < -0.3 is 5.32 Å². The maximum atomic E-state index is 12.1. The minimum atomic E-state index is -3.67. The molecule has 0 unspecified atom stereocenters. The molecule has 100 valence electrons. The fraction of sp³-hybridized carbons (Fsp3) is 0.0909. The summed E-state index contributed by atoms with van der Waals surface area (Å²) in [5, 5.41) is 2.82. The second-order valence-corrected chi connectivity index (χ2v) is 6.19. The van der Waals surface area contributed by atoms with Crippen molar-refractivity contribution in [2.45, 2.75) is 4.90 Å². The summed E-state index contributed by atoms with van der Waals surface area (Å²) in [7, 11) is -1.96. The second-order valence-electron chi connectivity index (χ2n) is 3.60. The summed E-state index contributed by atoms with van der Waals surface area (Å²) in [4.78, 5) is 7.99. The first-order valence-electron chi connectivity index (χ1n) is 5.29. The highest BCUT2D eigenvalue weighted by molar-refractivity contribution is 9.10. The van der Waals surface area contributed by atoms with E-state index < -0.39 is 10.0 Å². The Morgan fingerprint density at radius 1 is 1.05 bits per heavy atom. The lowest BCUT2D eigenvalue weighted by atomic mass is 10.5. The third kappa shape index (κ3) is 3.42. The minimum absolute atomic E-state index is 0.0798. The number of halogens is 1. The van der Waals surface area contributed by atoms with Gasteiger partial charge in [-0.2, -0.15) is 0 Å². The van der Waals surface area contributed by atoms with Crippen molar-refractivity contribution in [2.24, 2.45) is 0 Å². The molecule has 2 rings (SSSR count). The van der Waals surface area contributed by atoms with Crippen molar-refractivity contribution in [1.29, 1.82) is 0 Å². The van der Waals surface area contributed by atoms with Crippen molar-refractivity contribution in [3.05, 3.63) is 41.1 Å². The molecular formula is C11H11BrN4O2S. The van der Waals surface area contributed by atoms with Gasteiger partial charge in [-0.3, -0.25) is 4.72 Å². The van der Waals surface area contributed by atoms with E-state index in [1.165, 1.54) is 18.5 Å². The van der Waals surface area contributed by atoms with Crippen LogP contribution in [-0.2, 0) is 10.0 Å². The van der Waals surface area contributed by atoms with E-state index in [-0.39, 0.29) is 10.7 Å². The Morgan fingerprint density at radius 2 is 1.74 bits per heavy atom. The number of nitrogens with one attached hydrogen (secondary N) is 2. The van der Waals surface area contributed by atoms with Crippen LogP contribution in [0.1, 0.15) is 0 Å². The van der Waals surface area contributed by atoms with Crippen LogP contribution in [0.4, 0.5) is 11.6 Å². The number of sulfonamides is 1. The first-order valence-corrected chi connectivity index (χ1v) is 7.57. The first-order chi connectivity index (χ1) is 9.01. The van der Waals surface area contributed by atoms with Crippen LogP contribution < -0.4 is 10.0 Å². The summed E-state index contributed by atoms with van der Waals surface area (Å²) in [5.74, 6) is 0.849. The molecule has 0 fully saturated rings. The molecule has 2 aromatic heterocycles. The lowest BCUT2D eigenvalue weighted by Crippen LogP contribution is -2.14. The van der Waals surface area contributed by atoms with Crippen LogP contribution in [0.25, 0.3) is 0 Å². The molecule has 0 saturated carbocycles. The van der Waals surface area contributed by atoms with Gasteiger partial charge in [0.1, 0.15) is 16.5 Å². The molecule has 2 N–H and O–H groups in total. The average Bonchev–Trinajstić information content (AvgIpc) is 2.41. The van der Waals surface area contributed by atoms with E-state index in [0.717, 1.165) is 4.47 Å². The van der Waals surface area contributed by atoms with Gasteiger partial charge in [0.25, 0.3) is 10.0 Å².